The minimum atomic E-state index is -3.99. The Morgan fingerprint density at radius 1 is 0.905 bits per heavy atom. The zero-order valence-electron chi connectivity index (χ0n) is 24.4. The number of amides is 2. The molecule has 4 rings (SSSR count). The standard InChI is InChI=1S/C32H36N4O5S/c1-21(2)30(31(38)33-5)36(29(37)19-24-11-7-6-8-12-24)20-25-15-17-26(18-16-25)27-13-9-10-14-28(27)42(39,40)35-32-22(3)23(4)34-41-32/h6-18,21,30,35H,19-20H2,1-5H3,(H,33,38). The van der Waals surface area contributed by atoms with Gasteiger partial charge in [-0.3, -0.25) is 9.59 Å². The molecule has 1 atom stereocenters. The first-order chi connectivity index (χ1) is 20.0. The summed E-state index contributed by atoms with van der Waals surface area (Å²) in [6.45, 7) is 7.52. The second-order valence-electron chi connectivity index (χ2n) is 10.5. The lowest BCUT2D eigenvalue weighted by Gasteiger charge is -2.33. The van der Waals surface area contributed by atoms with Gasteiger partial charge in [-0.25, -0.2) is 13.1 Å². The highest BCUT2D eigenvalue weighted by Gasteiger charge is 2.32. The summed E-state index contributed by atoms with van der Waals surface area (Å²) in [5.41, 5.74) is 4.07. The zero-order valence-corrected chi connectivity index (χ0v) is 25.2. The molecule has 220 valence electrons. The van der Waals surface area contributed by atoms with Crippen LogP contribution in [0.2, 0.25) is 0 Å². The summed E-state index contributed by atoms with van der Waals surface area (Å²) in [6, 6.07) is 22.8. The van der Waals surface area contributed by atoms with E-state index in [2.05, 4.69) is 15.2 Å². The first-order valence-corrected chi connectivity index (χ1v) is 15.2. The largest absolute Gasteiger partial charge is 0.357 e. The van der Waals surface area contributed by atoms with Crippen molar-refractivity contribution in [3.63, 3.8) is 0 Å². The summed E-state index contributed by atoms with van der Waals surface area (Å²) in [5.74, 6) is -0.432. The molecule has 0 fully saturated rings. The fourth-order valence-corrected chi connectivity index (χ4v) is 6.06. The van der Waals surface area contributed by atoms with Gasteiger partial charge in [0.2, 0.25) is 17.7 Å². The SMILES string of the molecule is CNC(=O)C(C(C)C)N(Cc1ccc(-c2ccccc2S(=O)(=O)Nc2onc(C)c2C)cc1)C(=O)Cc1ccccc1. The topological polar surface area (TPSA) is 122 Å². The van der Waals surface area contributed by atoms with Crippen molar-refractivity contribution >= 4 is 27.7 Å². The van der Waals surface area contributed by atoms with Crippen LogP contribution in [0, 0.1) is 19.8 Å². The van der Waals surface area contributed by atoms with Crippen LogP contribution in [0.25, 0.3) is 11.1 Å². The van der Waals surface area contributed by atoms with Crippen molar-refractivity contribution in [1.29, 1.82) is 0 Å². The Morgan fingerprint density at radius 2 is 1.55 bits per heavy atom. The zero-order chi connectivity index (χ0) is 30.4. The van der Waals surface area contributed by atoms with E-state index in [9.17, 15) is 18.0 Å². The number of nitrogens with one attached hydrogen (secondary N) is 2. The summed E-state index contributed by atoms with van der Waals surface area (Å²) in [7, 11) is -2.42. The first kappa shape index (κ1) is 30.5. The van der Waals surface area contributed by atoms with E-state index in [-0.39, 0.29) is 41.5 Å². The van der Waals surface area contributed by atoms with E-state index >= 15 is 0 Å². The van der Waals surface area contributed by atoms with Crippen LogP contribution < -0.4 is 10.0 Å². The van der Waals surface area contributed by atoms with Crippen molar-refractivity contribution < 1.29 is 22.5 Å². The van der Waals surface area contributed by atoms with Crippen molar-refractivity contribution in [3.8, 4) is 11.1 Å². The normalized spacial score (nSPS) is 12.1. The van der Waals surface area contributed by atoms with Gasteiger partial charge in [0.15, 0.2) is 0 Å². The predicted octanol–water partition coefficient (Wildman–Crippen LogP) is 5.10. The summed E-state index contributed by atoms with van der Waals surface area (Å²) >= 11 is 0. The number of carbonyl (C=O) groups excluding carboxylic acids is 2. The molecule has 4 aromatic rings. The molecule has 0 aliphatic heterocycles. The Kier molecular flexibility index (Phi) is 9.47. The van der Waals surface area contributed by atoms with Crippen molar-refractivity contribution in [1.82, 2.24) is 15.4 Å². The average Bonchev–Trinajstić information content (AvgIpc) is 3.29. The molecule has 10 heteroatoms. The molecule has 2 N–H and O–H groups in total. The number of nitrogens with zero attached hydrogens (tertiary/aromatic N) is 2. The van der Waals surface area contributed by atoms with Gasteiger partial charge in [0.25, 0.3) is 10.0 Å². The third-order valence-corrected chi connectivity index (χ3v) is 8.57. The molecular formula is C32H36N4O5S. The molecule has 0 aliphatic rings. The van der Waals surface area contributed by atoms with Gasteiger partial charge in [-0.15, -0.1) is 0 Å². The Balaban J connectivity index is 1.63. The van der Waals surface area contributed by atoms with Gasteiger partial charge in [-0.1, -0.05) is 91.8 Å². The van der Waals surface area contributed by atoms with E-state index in [0.29, 0.717) is 22.4 Å². The molecule has 0 bridgehead atoms. The molecule has 1 heterocycles. The van der Waals surface area contributed by atoms with Gasteiger partial charge in [0.1, 0.15) is 6.04 Å². The monoisotopic (exact) mass is 588 g/mol. The van der Waals surface area contributed by atoms with E-state index < -0.39 is 16.1 Å². The van der Waals surface area contributed by atoms with Gasteiger partial charge in [-0.2, -0.15) is 0 Å². The molecule has 0 radical (unpaired) electrons. The second kappa shape index (κ2) is 13.0. The maximum absolute atomic E-state index is 13.6. The molecule has 1 unspecified atom stereocenters. The smallest absolute Gasteiger partial charge is 0.264 e. The average molecular weight is 589 g/mol. The van der Waals surface area contributed by atoms with E-state index in [4.69, 9.17) is 4.52 Å². The number of likely N-dealkylation sites (N-methyl/N-ethyl adjacent to an activating group) is 1. The summed E-state index contributed by atoms with van der Waals surface area (Å²) in [6.07, 6.45) is 0.168. The number of hydrogen-bond donors (Lipinski definition) is 2. The summed E-state index contributed by atoms with van der Waals surface area (Å²) in [4.78, 5) is 28.2. The third kappa shape index (κ3) is 6.88. The van der Waals surface area contributed by atoms with Crippen LogP contribution in [0.1, 0.15) is 36.2 Å². The number of aromatic nitrogens is 1. The van der Waals surface area contributed by atoms with Gasteiger partial charge >= 0.3 is 0 Å². The highest BCUT2D eigenvalue weighted by Crippen LogP contribution is 2.30. The molecule has 0 spiro atoms. The van der Waals surface area contributed by atoms with Crippen LogP contribution in [-0.4, -0.2) is 43.4 Å². The lowest BCUT2D eigenvalue weighted by molar-refractivity contribution is -0.142. The summed E-state index contributed by atoms with van der Waals surface area (Å²) < 4.78 is 34.4. The van der Waals surface area contributed by atoms with Gasteiger partial charge in [-0.05, 0) is 42.5 Å². The molecule has 2 amide bonds. The minimum Gasteiger partial charge on any atom is -0.357 e. The molecular weight excluding hydrogens is 552 g/mol. The molecule has 0 saturated carbocycles. The van der Waals surface area contributed by atoms with Crippen LogP contribution in [0.3, 0.4) is 0 Å². The van der Waals surface area contributed by atoms with Crippen molar-refractivity contribution in [3.05, 3.63) is 101 Å². The van der Waals surface area contributed by atoms with Crippen LogP contribution in [0.5, 0.6) is 0 Å². The maximum atomic E-state index is 13.6. The van der Waals surface area contributed by atoms with Crippen molar-refractivity contribution in [2.75, 3.05) is 11.8 Å². The van der Waals surface area contributed by atoms with Crippen molar-refractivity contribution in [2.24, 2.45) is 5.92 Å². The summed E-state index contributed by atoms with van der Waals surface area (Å²) in [5, 5.41) is 6.53. The number of hydrogen-bond acceptors (Lipinski definition) is 6. The maximum Gasteiger partial charge on any atom is 0.264 e. The Labute approximate surface area is 247 Å². The molecule has 42 heavy (non-hydrogen) atoms. The van der Waals surface area contributed by atoms with Gasteiger partial charge in [0.05, 0.1) is 17.0 Å². The number of benzene rings is 3. The quantitative estimate of drug-likeness (QED) is 0.251. The van der Waals surface area contributed by atoms with Crippen LogP contribution in [0.4, 0.5) is 5.88 Å². The van der Waals surface area contributed by atoms with Crippen LogP contribution in [0.15, 0.2) is 88.3 Å². The Bertz CT molecular complexity index is 1650. The lowest BCUT2D eigenvalue weighted by atomic mass is 9.98. The van der Waals surface area contributed by atoms with Gasteiger partial charge in [0, 0.05) is 24.7 Å². The Hall–Kier alpha value is -4.44. The number of rotatable bonds is 11. The van der Waals surface area contributed by atoms with E-state index in [1.165, 1.54) is 6.07 Å². The predicted molar refractivity (Wildman–Crippen MR) is 162 cm³/mol. The lowest BCUT2D eigenvalue weighted by Crippen LogP contribution is -2.51. The second-order valence-corrected chi connectivity index (χ2v) is 12.2. The third-order valence-electron chi connectivity index (χ3n) is 7.18. The number of sulfonamides is 1. The number of anilines is 1. The minimum absolute atomic E-state index is 0.0775. The highest BCUT2D eigenvalue weighted by molar-refractivity contribution is 7.92. The van der Waals surface area contributed by atoms with E-state index in [0.717, 1.165) is 11.1 Å². The van der Waals surface area contributed by atoms with Crippen LogP contribution >= 0.6 is 0 Å². The molecule has 0 aliphatic carbocycles. The number of aryl methyl sites for hydroxylation is 1. The fourth-order valence-electron chi connectivity index (χ4n) is 4.78. The molecule has 1 aromatic heterocycles. The highest BCUT2D eigenvalue weighted by atomic mass is 32.2. The molecule has 9 nitrogen and oxygen atoms in total. The first-order valence-electron chi connectivity index (χ1n) is 13.7. The van der Waals surface area contributed by atoms with Crippen molar-refractivity contribution in [2.45, 2.75) is 51.6 Å². The van der Waals surface area contributed by atoms with Crippen LogP contribution in [-0.2, 0) is 32.6 Å². The Morgan fingerprint density at radius 3 is 2.14 bits per heavy atom. The molecule has 0 saturated heterocycles. The number of carbonyl (C=O) groups is 2. The molecule has 3 aromatic carbocycles. The van der Waals surface area contributed by atoms with E-state index in [1.807, 2.05) is 68.4 Å². The van der Waals surface area contributed by atoms with E-state index in [1.54, 1.807) is 44.0 Å². The fraction of sp³-hybridized carbons (Fsp3) is 0.281. The van der Waals surface area contributed by atoms with Gasteiger partial charge < -0.3 is 14.7 Å².